The van der Waals surface area contributed by atoms with E-state index in [0.29, 0.717) is 12.5 Å². The zero-order valence-corrected chi connectivity index (χ0v) is 8.92. The van der Waals surface area contributed by atoms with Crippen LogP contribution < -0.4 is 0 Å². The van der Waals surface area contributed by atoms with Gasteiger partial charge >= 0.3 is 0 Å². The topological polar surface area (TPSA) is 23.6 Å². The second-order valence-electron chi connectivity index (χ2n) is 4.10. The summed E-state index contributed by atoms with van der Waals surface area (Å²) in [6.45, 7) is 10.9. The number of piperazine rings is 1. The third-order valence-electron chi connectivity index (χ3n) is 2.40. The van der Waals surface area contributed by atoms with Crippen LogP contribution in [0.4, 0.5) is 0 Å². The minimum Gasteiger partial charge on any atom is -0.341 e. The molecule has 1 aliphatic rings. The molecule has 1 fully saturated rings. The van der Waals surface area contributed by atoms with Crippen molar-refractivity contribution in [3.8, 4) is 0 Å². The van der Waals surface area contributed by atoms with Crippen LogP contribution in [0.5, 0.6) is 0 Å². The Kier molecular flexibility index (Phi) is 3.72. The molecule has 3 heteroatoms. The van der Waals surface area contributed by atoms with Gasteiger partial charge in [-0.1, -0.05) is 13.8 Å². The maximum absolute atomic E-state index is 11.5. The fourth-order valence-corrected chi connectivity index (χ4v) is 1.76. The summed E-state index contributed by atoms with van der Waals surface area (Å²) in [5, 5.41) is 0. The van der Waals surface area contributed by atoms with Crippen molar-refractivity contribution in [3.63, 3.8) is 0 Å². The molecule has 0 bridgehead atoms. The van der Waals surface area contributed by atoms with Crippen LogP contribution in [0.25, 0.3) is 0 Å². The highest BCUT2D eigenvalue weighted by molar-refractivity contribution is 5.78. The van der Waals surface area contributed by atoms with E-state index in [4.69, 9.17) is 0 Å². The average Bonchev–Trinajstić information content (AvgIpc) is 2.03. The molecule has 1 amide bonds. The molecule has 0 spiro atoms. The second-order valence-corrected chi connectivity index (χ2v) is 4.10. The first-order chi connectivity index (χ1) is 6.13. The van der Waals surface area contributed by atoms with E-state index in [0.717, 1.165) is 26.2 Å². The summed E-state index contributed by atoms with van der Waals surface area (Å²) in [7, 11) is 0. The molecule has 0 saturated carbocycles. The number of nitrogens with zero attached hydrogens (tertiary/aromatic N) is 2. The molecule has 3 nitrogen and oxygen atoms in total. The lowest BCUT2D eigenvalue weighted by atomic mass is 10.2. The van der Waals surface area contributed by atoms with Crippen LogP contribution in [0.15, 0.2) is 0 Å². The standard InChI is InChI=1S/C10H20N2O/c1-4-12-6-5-11(7-9(2)3)8-10(12)13/h9H,4-8H2,1-3H3. The lowest BCUT2D eigenvalue weighted by Crippen LogP contribution is -2.50. The van der Waals surface area contributed by atoms with Gasteiger partial charge in [0.1, 0.15) is 0 Å². The SMILES string of the molecule is CCN1CCN(CC(C)C)CC1=O. The molecule has 0 unspecified atom stereocenters. The third-order valence-corrected chi connectivity index (χ3v) is 2.40. The highest BCUT2D eigenvalue weighted by Crippen LogP contribution is 2.05. The number of amides is 1. The van der Waals surface area contributed by atoms with Gasteiger partial charge in [0.05, 0.1) is 6.54 Å². The van der Waals surface area contributed by atoms with Crippen molar-refractivity contribution >= 4 is 5.91 Å². The molecule has 0 aromatic rings. The summed E-state index contributed by atoms with van der Waals surface area (Å²) in [5.74, 6) is 0.940. The predicted molar refractivity (Wildman–Crippen MR) is 53.5 cm³/mol. The number of likely N-dealkylation sites (N-methyl/N-ethyl adjacent to an activating group) is 1. The first-order valence-electron chi connectivity index (χ1n) is 5.13. The van der Waals surface area contributed by atoms with Crippen molar-refractivity contribution in [2.24, 2.45) is 5.92 Å². The molecule has 1 rings (SSSR count). The van der Waals surface area contributed by atoms with Crippen LogP contribution >= 0.6 is 0 Å². The van der Waals surface area contributed by atoms with E-state index in [-0.39, 0.29) is 5.91 Å². The summed E-state index contributed by atoms with van der Waals surface area (Å²) in [6.07, 6.45) is 0. The maximum atomic E-state index is 11.5. The number of carbonyl (C=O) groups is 1. The molecule has 1 aliphatic heterocycles. The summed E-state index contributed by atoms with van der Waals surface area (Å²) in [6, 6.07) is 0. The molecular weight excluding hydrogens is 164 g/mol. The summed E-state index contributed by atoms with van der Waals surface area (Å²) < 4.78 is 0. The second kappa shape index (κ2) is 4.61. The Morgan fingerprint density at radius 2 is 2.08 bits per heavy atom. The quantitative estimate of drug-likeness (QED) is 0.648. The van der Waals surface area contributed by atoms with E-state index in [1.807, 2.05) is 11.8 Å². The molecule has 0 N–H and O–H groups in total. The van der Waals surface area contributed by atoms with E-state index >= 15 is 0 Å². The van der Waals surface area contributed by atoms with E-state index in [9.17, 15) is 4.79 Å². The highest BCUT2D eigenvalue weighted by atomic mass is 16.2. The van der Waals surface area contributed by atoms with Gasteiger partial charge < -0.3 is 4.90 Å². The molecule has 0 aromatic heterocycles. The summed E-state index contributed by atoms with van der Waals surface area (Å²) >= 11 is 0. The van der Waals surface area contributed by atoms with E-state index < -0.39 is 0 Å². The summed E-state index contributed by atoms with van der Waals surface area (Å²) in [5.41, 5.74) is 0. The van der Waals surface area contributed by atoms with Crippen LogP contribution in [-0.2, 0) is 4.79 Å². The lowest BCUT2D eigenvalue weighted by Gasteiger charge is -2.34. The smallest absolute Gasteiger partial charge is 0.236 e. The molecule has 0 radical (unpaired) electrons. The van der Waals surface area contributed by atoms with Crippen molar-refractivity contribution in [2.75, 3.05) is 32.7 Å². The highest BCUT2D eigenvalue weighted by Gasteiger charge is 2.22. The van der Waals surface area contributed by atoms with E-state index in [1.165, 1.54) is 0 Å². The monoisotopic (exact) mass is 184 g/mol. The Morgan fingerprint density at radius 3 is 2.54 bits per heavy atom. The zero-order chi connectivity index (χ0) is 9.84. The molecule has 0 atom stereocenters. The van der Waals surface area contributed by atoms with Crippen LogP contribution in [0.2, 0.25) is 0 Å². The van der Waals surface area contributed by atoms with Crippen LogP contribution in [0, 0.1) is 5.92 Å². The van der Waals surface area contributed by atoms with Crippen molar-refractivity contribution in [2.45, 2.75) is 20.8 Å². The van der Waals surface area contributed by atoms with Crippen molar-refractivity contribution in [1.82, 2.24) is 9.80 Å². The Balaban J connectivity index is 2.37. The van der Waals surface area contributed by atoms with Crippen LogP contribution in [0.3, 0.4) is 0 Å². The Morgan fingerprint density at radius 1 is 1.38 bits per heavy atom. The van der Waals surface area contributed by atoms with Gasteiger partial charge in [-0.25, -0.2) is 0 Å². The minimum atomic E-state index is 0.286. The van der Waals surface area contributed by atoms with Crippen molar-refractivity contribution in [1.29, 1.82) is 0 Å². The Labute approximate surface area is 80.7 Å². The normalized spacial score (nSPS) is 20.0. The van der Waals surface area contributed by atoms with Gasteiger partial charge in [-0.2, -0.15) is 0 Å². The van der Waals surface area contributed by atoms with Crippen LogP contribution in [-0.4, -0.2) is 48.4 Å². The molecule has 13 heavy (non-hydrogen) atoms. The van der Waals surface area contributed by atoms with Gasteiger partial charge in [-0.15, -0.1) is 0 Å². The zero-order valence-electron chi connectivity index (χ0n) is 8.92. The van der Waals surface area contributed by atoms with E-state index in [1.54, 1.807) is 0 Å². The number of hydrogen-bond donors (Lipinski definition) is 0. The number of hydrogen-bond acceptors (Lipinski definition) is 2. The molecule has 0 aliphatic carbocycles. The molecule has 0 aromatic carbocycles. The number of rotatable bonds is 3. The maximum Gasteiger partial charge on any atom is 0.236 e. The average molecular weight is 184 g/mol. The molecule has 1 heterocycles. The van der Waals surface area contributed by atoms with Crippen LogP contribution in [0.1, 0.15) is 20.8 Å². The predicted octanol–water partition coefficient (Wildman–Crippen LogP) is 0.806. The van der Waals surface area contributed by atoms with Gasteiger partial charge in [0.15, 0.2) is 0 Å². The van der Waals surface area contributed by atoms with E-state index in [2.05, 4.69) is 18.7 Å². The molecule has 1 saturated heterocycles. The van der Waals surface area contributed by atoms with Gasteiger partial charge in [0.2, 0.25) is 5.91 Å². The van der Waals surface area contributed by atoms with Gasteiger partial charge in [0.25, 0.3) is 0 Å². The lowest BCUT2D eigenvalue weighted by molar-refractivity contribution is -0.135. The Bertz CT molecular complexity index is 180. The largest absolute Gasteiger partial charge is 0.341 e. The van der Waals surface area contributed by atoms with Gasteiger partial charge in [0, 0.05) is 26.2 Å². The van der Waals surface area contributed by atoms with Gasteiger partial charge in [-0.3, -0.25) is 9.69 Å². The first kappa shape index (κ1) is 10.5. The minimum absolute atomic E-state index is 0.286. The molecule has 76 valence electrons. The van der Waals surface area contributed by atoms with Gasteiger partial charge in [-0.05, 0) is 12.8 Å². The fourth-order valence-electron chi connectivity index (χ4n) is 1.76. The third kappa shape index (κ3) is 2.99. The fraction of sp³-hybridized carbons (Fsp3) is 0.900. The number of carbonyl (C=O) groups excluding carboxylic acids is 1. The summed E-state index contributed by atoms with van der Waals surface area (Å²) in [4.78, 5) is 15.7. The first-order valence-corrected chi connectivity index (χ1v) is 5.13. The Hall–Kier alpha value is -0.570. The van der Waals surface area contributed by atoms with Crippen molar-refractivity contribution < 1.29 is 4.79 Å². The molecular formula is C10H20N2O. The van der Waals surface area contributed by atoms with Crippen molar-refractivity contribution in [3.05, 3.63) is 0 Å².